The molecule has 0 aliphatic rings. The summed E-state index contributed by atoms with van der Waals surface area (Å²) in [4.78, 5) is 0.198. The van der Waals surface area contributed by atoms with Crippen molar-refractivity contribution in [1.82, 2.24) is 10.2 Å². The van der Waals surface area contributed by atoms with Crippen LogP contribution in [0.5, 0.6) is 0 Å². The van der Waals surface area contributed by atoms with Gasteiger partial charge in [0.15, 0.2) is 0 Å². The second kappa shape index (κ2) is 6.51. The molecule has 1 N–H and O–H groups in total. The van der Waals surface area contributed by atoms with Crippen molar-refractivity contribution in [3.63, 3.8) is 0 Å². The molecule has 0 spiro atoms. The van der Waals surface area contributed by atoms with Crippen molar-refractivity contribution in [2.75, 3.05) is 10.6 Å². The molecule has 1 aromatic carbocycles. The van der Waals surface area contributed by atoms with E-state index >= 15 is 0 Å². The lowest BCUT2D eigenvalue weighted by Gasteiger charge is -2.05. The van der Waals surface area contributed by atoms with E-state index < -0.39 is 10.0 Å². The molecule has 2 aromatic rings. The van der Waals surface area contributed by atoms with E-state index in [9.17, 15) is 8.42 Å². The zero-order valence-electron chi connectivity index (χ0n) is 10.8. The van der Waals surface area contributed by atoms with E-state index in [4.69, 9.17) is 11.6 Å². The van der Waals surface area contributed by atoms with Gasteiger partial charge in [0.1, 0.15) is 5.01 Å². The summed E-state index contributed by atoms with van der Waals surface area (Å²) in [5.74, 6) is 0.509. The van der Waals surface area contributed by atoms with Gasteiger partial charge in [0.05, 0.1) is 4.90 Å². The van der Waals surface area contributed by atoms with Crippen LogP contribution in [0.1, 0.15) is 17.5 Å². The van der Waals surface area contributed by atoms with Crippen LogP contribution in [0, 0.1) is 0 Å². The molecule has 0 saturated heterocycles. The normalized spacial score (nSPS) is 11.5. The number of nitrogens with zero attached hydrogens (tertiary/aromatic N) is 2. The predicted octanol–water partition coefficient (Wildman–Crippen LogP) is 2.68. The van der Waals surface area contributed by atoms with E-state index in [0.29, 0.717) is 12.3 Å². The molecule has 0 aliphatic heterocycles. The number of benzene rings is 1. The van der Waals surface area contributed by atoms with Gasteiger partial charge in [-0.05, 0) is 30.5 Å². The number of aryl methyl sites for hydroxylation is 2. The maximum Gasteiger partial charge on any atom is 0.263 e. The summed E-state index contributed by atoms with van der Waals surface area (Å²) < 4.78 is 26.8. The monoisotopic (exact) mass is 331 g/mol. The summed E-state index contributed by atoms with van der Waals surface area (Å²) in [6, 6.07) is 6.64. The first kappa shape index (κ1) is 15.2. The molecule has 108 valence electrons. The molecule has 0 radical (unpaired) electrons. The zero-order valence-corrected chi connectivity index (χ0v) is 13.2. The SMILES string of the molecule is CCc1nnc(NS(=O)(=O)c2ccc(CCCl)cc2)s1. The topological polar surface area (TPSA) is 72.0 Å². The fraction of sp³-hybridized carbons (Fsp3) is 0.333. The van der Waals surface area contributed by atoms with Gasteiger partial charge in [-0.3, -0.25) is 4.72 Å². The van der Waals surface area contributed by atoms with Gasteiger partial charge in [0.25, 0.3) is 10.0 Å². The molecule has 0 bridgehead atoms. The number of alkyl halides is 1. The van der Waals surface area contributed by atoms with Crippen molar-refractivity contribution >= 4 is 38.1 Å². The lowest BCUT2D eigenvalue weighted by molar-refractivity contribution is 0.601. The Morgan fingerprint density at radius 2 is 1.95 bits per heavy atom. The first-order valence-corrected chi connectivity index (χ1v) is 8.88. The first-order valence-electron chi connectivity index (χ1n) is 6.05. The highest BCUT2D eigenvalue weighted by Gasteiger charge is 2.16. The number of nitrogens with one attached hydrogen (secondary N) is 1. The number of sulfonamides is 1. The minimum Gasteiger partial charge on any atom is -0.253 e. The maximum absolute atomic E-state index is 12.2. The fourth-order valence-corrected chi connectivity index (χ4v) is 3.68. The van der Waals surface area contributed by atoms with E-state index in [0.717, 1.165) is 17.0 Å². The summed E-state index contributed by atoms with van der Waals surface area (Å²) in [5.41, 5.74) is 1.00. The highest BCUT2D eigenvalue weighted by atomic mass is 35.5. The van der Waals surface area contributed by atoms with Crippen LogP contribution in [0.2, 0.25) is 0 Å². The summed E-state index contributed by atoms with van der Waals surface area (Å²) in [5, 5.41) is 8.76. The van der Waals surface area contributed by atoms with Crippen molar-refractivity contribution in [3.8, 4) is 0 Å². The summed E-state index contributed by atoms with van der Waals surface area (Å²) >= 11 is 6.88. The van der Waals surface area contributed by atoms with Gasteiger partial charge < -0.3 is 0 Å². The molecule has 20 heavy (non-hydrogen) atoms. The quantitative estimate of drug-likeness (QED) is 0.826. The highest BCUT2D eigenvalue weighted by molar-refractivity contribution is 7.93. The van der Waals surface area contributed by atoms with Gasteiger partial charge in [-0.1, -0.05) is 30.4 Å². The van der Waals surface area contributed by atoms with Gasteiger partial charge in [-0.15, -0.1) is 21.8 Å². The average Bonchev–Trinajstić information content (AvgIpc) is 2.87. The molecule has 0 amide bonds. The molecule has 2 rings (SSSR count). The van der Waals surface area contributed by atoms with E-state index in [-0.39, 0.29) is 10.0 Å². The van der Waals surface area contributed by atoms with Crippen LogP contribution in [0.25, 0.3) is 0 Å². The van der Waals surface area contributed by atoms with Gasteiger partial charge in [-0.25, -0.2) is 8.42 Å². The van der Waals surface area contributed by atoms with Crippen molar-refractivity contribution < 1.29 is 8.42 Å². The van der Waals surface area contributed by atoms with Crippen LogP contribution in [-0.2, 0) is 22.9 Å². The Labute approximate surface area is 127 Å². The number of aromatic nitrogens is 2. The Hall–Kier alpha value is -1.18. The van der Waals surface area contributed by atoms with E-state index in [1.54, 1.807) is 24.3 Å². The van der Waals surface area contributed by atoms with Gasteiger partial charge >= 0.3 is 0 Å². The maximum atomic E-state index is 12.2. The summed E-state index contributed by atoms with van der Waals surface area (Å²) in [6.07, 6.45) is 1.44. The number of halogens is 1. The third kappa shape index (κ3) is 3.68. The van der Waals surface area contributed by atoms with Crippen molar-refractivity contribution in [2.24, 2.45) is 0 Å². The molecule has 0 saturated carbocycles. The summed E-state index contributed by atoms with van der Waals surface area (Å²) in [6.45, 7) is 1.94. The van der Waals surface area contributed by atoms with Crippen molar-refractivity contribution in [2.45, 2.75) is 24.7 Å². The molecule has 0 aliphatic carbocycles. The van der Waals surface area contributed by atoms with Crippen LogP contribution in [0.3, 0.4) is 0 Å². The second-order valence-electron chi connectivity index (χ2n) is 4.04. The Balaban J connectivity index is 2.17. The summed E-state index contributed by atoms with van der Waals surface area (Å²) in [7, 11) is -3.61. The molecular formula is C12H14ClN3O2S2. The molecule has 1 aromatic heterocycles. The molecule has 1 heterocycles. The molecular weight excluding hydrogens is 318 g/mol. The fourth-order valence-electron chi connectivity index (χ4n) is 1.56. The number of hydrogen-bond donors (Lipinski definition) is 1. The minimum atomic E-state index is -3.61. The molecule has 5 nitrogen and oxygen atoms in total. The minimum absolute atomic E-state index is 0.198. The van der Waals surface area contributed by atoms with Crippen LogP contribution in [0.4, 0.5) is 5.13 Å². The molecule has 0 unspecified atom stereocenters. The molecule has 0 fully saturated rings. The molecule has 0 atom stereocenters. The average molecular weight is 332 g/mol. The van der Waals surface area contributed by atoms with Crippen molar-refractivity contribution in [3.05, 3.63) is 34.8 Å². The van der Waals surface area contributed by atoms with E-state index in [1.165, 1.54) is 11.3 Å². The second-order valence-corrected chi connectivity index (χ2v) is 7.17. The number of anilines is 1. The van der Waals surface area contributed by atoms with Crippen LogP contribution in [-0.4, -0.2) is 24.5 Å². The Kier molecular flexibility index (Phi) is 4.95. The Bertz CT molecular complexity index is 668. The lowest BCUT2D eigenvalue weighted by Crippen LogP contribution is -2.12. The highest BCUT2D eigenvalue weighted by Crippen LogP contribution is 2.20. The van der Waals surface area contributed by atoms with Gasteiger partial charge in [0, 0.05) is 5.88 Å². The van der Waals surface area contributed by atoms with Crippen LogP contribution < -0.4 is 4.72 Å². The molecule has 8 heteroatoms. The third-order valence-electron chi connectivity index (χ3n) is 2.61. The lowest BCUT2D eigenvalue weighted by atomic mass is 10.2. The Morgan fingerprint density at radius 3 is 2.50 bits per heavy atom. The van der Waals surface area contributed by atoms with E-state index in [1.807, 2.05) is 6.92 Å². The number of hydrogen-bond acceptors (Lipinski definition) is 5. The third-order valence-corrected chi connectivity index (χ3v) is 5.26. The van der Waals surface area contributed by atoms with E-state index in [2.05, 4.69) is 14.9 Å². The first-order chi connectivity index (χ1) is 9.55. The smallest absolute Gasteiger partial charge is 0.253 e. The van der Waals surface area contributed by atoms with Gasteiger partial charge in [-0.2, -0.15) is 0 Å². The predicted molar refractivity (Wildman–Crippen MR) is 81.0 cm³/mol. The van der Waals surface area contributed by atoms with Crippen LogP contribution in [0.15, 0.2) is 29.2 Å². The van der Waals surface area contributed by atoms with Crippen LogP contribution >= 0.6 is 22.9 Å². The zero-order chi connectivity index (χ0) is 14.6. The largest absolute Gasteiger partial charge is 0.263 e. The standard InChI is InChI=1S/C12H14ClN3O2S2/c1-2-11-14-15-12(19-11)16-20(17,18)10-5-3-9(4-6-10)7-8-13/h3-6H,2,7-8H2,1H3,(H,15,16). The van der Waals surface area contributed by atoms with Gasteiger partial charge in [0.2, 0.25) is 5.13 Å². The number of rotatable bonds is 6. The Morgan fingerprint density at radius 1 is 1.25 bits per heavy atom. The van der Waals surface area contributed by atoms with Crippen molar-refractivity contribution in [1.29, 1.82) is 0 Å².